The van der Waals surface area contributed by atoms with Gasteiger partial charge < -0.3 is 20.5 Å². The predicted molar refractivity (Wildman–Crippen MR) is 117 cm³/mol. The zero-order valence-corrected chi connectivity index (χ0v) is 18.3. The number of nitrogens with two attached hydrogens (primary N) is 1. The molecule has 0 saturated carbocycles. The molecule has 0 radical (unpaired) electrons. The average Bonchev–Trinajstić information content (AvgIpc) is 2.75. The molecule has 2 aromatic rings. The van der Waals surface area contributed by atoms with Crippen molar-refractivity contribution in [1.82, 2.24) is 10.2 Å². The van der Waals surface area contributed by atoms with E-state index in [1.807, 2.05) is 12.1 Å². The van der Waals surface area contributed by atoms with Gasteiger partial charge in [-0.2, -0.15) is 0 Å². The summed E-state index contributed by atoms with van der Waals surface area (Å²) in [5, 5.41) is 3.02. The summed E-state index contributed by atoms with van der Waals surface area (Å²) >= 11 is 6.20. The molecule has 0 spiro atoms. The molecule has 3 N–H and O–H groups in total. The van der Waals surface area contributed by atoms with Gasteiger partial charge >= 0.3 is 0 Å². The standard InChI is InChI=1S/C22H28ClN3O4/c1-4-26(5-2)13-16-8-6-15(7-9-16)12-25-22(28)17-10-18(23)21(19(11-17)29-3)30-14-20(24)27/h6-11H,4-5,12-14H2,1-3H3,(H2,24,27)(H,25,28). The van der Waals surface area contributed by atoms with E-state index in [1.54, 1.807) is 0 Å². The summed E-state index contributed by atoms with van der Waals surface area (Å²) in [4.78, 5) is 25.8. The number of benzene rings is 2. The normalized spacial score (nSPS) is 10.7. The molecular formula is C22H28ClN3O4. The highest BCUT2D eigenvalue weighted by Crippen LogP contribution is 2.36. The van der Waals surface area contributed by atoms with Gasteiger partial charge in [-0.25, -0.2) is 0 Å². The first-order valence-corrected chi connectivity index (χ1v) is 10.1. The van der Waals surface area contributed by atoms with Crippen LogP contribution in [0.4, 0.5) is 0 Å². The van der Waals surface area contributed by atoms with E-state index in [9.17, 15) is 9.59 Å². The second-order valence-electron chi connectivity index (χ2n) is 6.71. The first-order chi connectivity index (χ1) is 14.4. The lowest BCUT2D eigenvalue weighted by Crippen LogP contribution is -2.23. The van der Waals surface area contributed by atoms with Gasteiger partial charge in [0, 0.05) is 18.7 Å². The second kappa shape index (κ2) is 11.4. The molecule has 2 aromatic carbocycles. The minimum Gasteiger partial charge on any atom is -0.493 e. The third-order valence-corrected chi connectivity index (χ3v) is 4.91. The number of nitrogens with zero attached hydrogens (tertiary/aromatic N) is 1. The molecular weight excluding hydrogens is 406 g/mol. The smallest absolute Gasteiger partial charge is 0.255 e. The van der Waals surface area contributed by atoms with Crippen LogP contribution in [0.1, 0.15) is 35.3 Å². The van der Waals surface area contributed by atoms with Crippen molar-refractivity contribution < 1.29 is 19.1 Å². The topological polar surface area (TPSA) is 93.9 Å². The van der Waals surface area contributed by atoms with E-state index in [-0.39, 0.29) is 29.0 Å². The number of ether oxygens (including phenoxy) is 2. The molecule has 2 amide bonds. The molecule has 7 nitrogen and oxygen atoms in total. The highest BCUT2D eigenvalue weighted by molar-refractivity contribution is 6.32. The van der Waals surface area contributed by atoms with Crippen LogP contribution in [0.25, 0.3) is 0 Å². The fourth-order valence-electron chi connectivity index (χ4n) is 2.89. The number of rotatable bonds is 11. The maximum absolute atomic E-state index is 12.6. The van der Waals surface area contributed by atoms with Crippen LogP contribution in [0.5, 0.6) is 11.5 Å². The summed E-state index contributed by atoms with van der Waals surface area (Å²) in [5.74, 6) is -0.533. The van der Waals surface area contributed by atoms with Gasteiger partial charge in [-0.15, -0.1) is 0 Å². The zero-order chi connectivity index (χ0) is 22.1. The first-order valence-electron chi connectivity index (χ1n) is 9.74. The molecule has 2 rings (SSSR count). The van der Waals surface area contributed by atoms with Gasteiger partial charge in [0.1, 0.15) is 0 Å². The monoisotopic (exact) mass is 433 g/mol. The molecule has 0 aliphatic carbocycles. The van der Waals surface area contributed by atoms with Crippen molar-refractivity contribution in [3.05, 3.63) is 58.1 Å². The van der Waals surface area contributed by atoms with Crippen molar-refractivity contribution in [2.24, 2.45) is 5.73 Å². The van der Waals surface area contributed by atoms with Gasteiger partial charge in [-0.3, -0.25) is 14.5 Å². The van der Waals surface area contributed by atoms with Crippen molar-refractivity contribution in [3.63, 3.8) is 0 Å². The van der Waals surface area contributed by atoms with Crippen molar-refractivity contribution in [1.29, 1.82) is 0 Å². The Morgan fingerprint density at radius 3 is 2.30 bits per heavy atom. The van der Waals surface area contributed by atoms with E-state index in [4.69, 9.17) is 26.8 Å². The van der Waals surface area contributed by atoms with Crippen LogP contribution in [0, 0.1) is 0 Å². The Balaban J connectivity index is 2.02. The third kappa shape index (κ3) is 6.64. The first kappa shape index (κ1) is 23.5. The van der Waals surface area contributed by atoms with Gasteiger partial charge in [0.05, 0.1) is 12.1 Å². The Bertz CT molecular complexity index is 867. The minimum atomic E-state index is -0.641. The van der Waals surface area contributed by atoms with Gasteiger partial charge in [0.25, 0.3) is 11.8 Å². The van der Waals surface area contributed by atoms with Crippen LogP contribution in [-0.2, 0) is 17.9 Å². The number of halogens is 1. The number of methoxy groups -OCH3 is 1. The molecule has 0 heterocycles. The van der Waals surface area contributed by atoms with Crippen molar-refractivity contribution in [3.8, 4) is 11.5 Å². The number of hydrogen-bond donors (Lipinski definition) is 2. The highest BCUT2D eigenvalue weighted by atomic mass is 35.5. The molecule has 0 bridgehead atoms. The lowest BCUT2D eigenvalue weighted by atomic mass is 10.1. The van der Waals surface area contributed by atoms with Crippen molar-refractivity contribution >= 4 is 23.4 Å². The van der Waals surface area contributed by atoms with E-state index < -0.39 is 5.91 Å². The summed E-state index contributed by atoms with van der Waals surface area (Å²) < 4.78 is 10.5. The van der Waals surface area contributed by atoms with Crippen LogP contribution >= 0.6 is 11.6 Å². The summed E-state index contributed by atoms with van der Waals surface area (Å²) in [6.07, 6.45) is 0. The average molecular weight is 434 g/mol. The second-order valence-corrected chi connectivity index (χ2v) is 7.11. The molecule has 8 heteroatoms. The fraction of sp³-hybridized carbons (Fsp3) is 0.364. The molecule has 0 aliphatic rings. The van der Waals surface area contributed by atoms with E-state index in [0.717, 1.165) is 25.2 Å². The van der Waals surface area contributed by atoms with Gasteiger partial charge in [0.2, 0.25) is 0 Å². The van der Waals surface area contributed by atoms with Crippen LogP contribution < -0.4 is 20.5 Å². The molecule has 0 aliphatic heterocycles. The van der Waals surface area contributed by atoms with E-state index in [0.29, 0.717) is 12.1 Å². The van der Waals surface area contributed by atoms with Gasteiger partial charge in [-0.05, 0) is 36.3 Å². The number of nitrogens with one attached hydrogen (secondary N) is 1. The number of hydrogen-bond acceptors (Lipinski definition) is 5. The van der Waals surface area contributed by atoms with Crippen LogP contribution in [-0.4, -0.2) is 43.5 Å². The highest BCUT2D eigenvalue weighted by Gasteiger charge is 2.16. The number of amides is 2. The Labute approximate surface area is 182 Å². The summed E-state index contributed by atoms with van der Waals surface area (Å²) in [7, 11) is 1.42. The van der Waals surface area contributed by atoms with E-state index >= 15 is 0 Å². The number of primary amides is 1. The Kier molecular flexibility index (Phi) is 8.95. The maximum Gasteiger partial charge on any atom is 0.255 e. The van der Waals surface area contributed by atoms with E-state index in [2.05, 4.69) is 36.2 Å². The summed E-state index contributed by atoms with van der Waals surface area (Å²) in [6, 6.07) is 11.1. The maximum atomic E-state index is 12.6. The van der Waals surface area contributed by atoms with Crippen LogP contribution in [0.3, 0.4) is 0 Å². The molecule has 0 saturated heterocycles. The number of carbonyl (C=O) groups excluding carboxylic acids is 2. The molecule has 0 atom stereocenters. The lowest BCUT2D eigenvalue weighted by Gasteiger charge is -2.18. The van der Waals surface area contributed by atoms with E-state index in [1.165, 1.54) is 24.8 Å². The minimum absolute atomic E-state index is 0.154. The quantitative estimate of drug-likeness (QED) is 0.568. The molecule has 0 unspecified atom stereocenters. The van der Waals surface area contributed by atoms with Crippen LogP contribution in [0.15, 0.2) is 36.4 Å². The predicted octanol–water partition coefficient (Wildman–Crippen LogP) is 2.98. The largest absolute Gasteiger partial charge is 0.493 e. The fourth-order valence-corrected chi connectivity index (χ4v) is 3.15. The Morgan fingerprint density at radius 1 is 1.10 bits per heavy atom. The molecule has 0 aromatic heterocycles. The van der Waals surface area contributed by atoms with Crippen LogP contribution in [0.2, 0.25) is 5.02 Å². The third-order valence-electron chi connectivity index (χ3n) is 4.63. The molecule has 0 fully saturated rings. The number of carbonyl (C=O) groups is 2. The summed E-state index contributed by atoms with van der Waals surface area (Å²) in [6.45, 7) is 7.24. The zero-order valence-electron chi connectivity index (χ0n) is 17.5. The van der Waals surface area contributed by atoms with Gasteiger partial charge in [0.15, 0.2) is 18.1 Å². The van der Waals surface area contributed by atoms with Crippen molar-refractivity contribution in [2.45, 2.75) is 26.9 Å². The van der Waals surface area contributed by atoms with Gasteiger partial charge in [-0.1, -0.05) is 49.7 Å². The molecule has 30 heavy (non-hydrogen) atoms. The Hall–Kier alpha value is -2.77. The molecule has 162 valence electrons. The van der Waals surface area contributed by atoms with Crippen molar-refractivity contribution in [2.75, 3.05) is 26.8 Å². The summed E-state index contributed by atoms with van der Waals surface area (Å²) in [5.41, 5.74) is 7.63. The Morgan fingerprint density at radius 2 is 1.73 bits per heavy atom. The lowest BCUT2D eigenvalue weighted by molar-refractivity contribution is -0.119. The SMILES string of the molecule is CCN(CC)Cc1ccc(CNC(=O)c2cc(Cl)c(OCC(N)=O)c(OC)c2)cc1.